The monoisotopic (exact) mass is 220 g/mol. The second kappa shape index (κ2) is 3.89. The number of carboxylic acid groups (broad SMARTS) is 1. The number of rotatable bonds is 3. The second-order valence-electron chi connectivity index (χ2n) is 3.69. The minimum Gasteiger partial charge on any atom is -0.481 e. The van der Waals surface area contributed by atoms with Crippen molar-refractivity contribution < 1.29 is 19.1 Å². The van der Waals surface area contributed by atoms with Crippen molar-refractivity contribution in [1.82, 2.24) is 0 Å². The Bertz CT molecular complexity index is 539. The van der Waals surface area contributed by atoms with Crippen molar-refractivity contribution in [3.8, 4) is 5.75 Å². The van der Waals surface area contributed by atoms with Gasteiger partial charge >= 0.3 is 5.97 Å². The quantitative estimate of drug-likeness (QED) is 0.863. The molecule has 0 fully saturated rings. The van der Waals surface area contributed by atoms with Gasteiger partial charge in [-0.1, -0.05) is 0 Å². The lowest BCUT2D eigenvalue weighted by Crippen LogP contribution is -2.10. The van der Waals surface area contributed by atoms with Crippen LogP contribution in [-0.2, 0) is 4.79 Å². The van der Waals surface area contributed by atoms with Gasteiger partial charge in [0.05, 0.1) is 11.6 Å². The predicted molar refractivity (Wildman–Crippen MR) is 58.8 cm³/mol. The van der Waals surface area contributed by atoms with Crippen LogP contribution >= 0.6 is 0 Å². The van der Waals surface area contributed by atoms with Crippen LogP contribution in [0, 0.1) is 13.8 Å². The second-order valence-corrected chi connectivity index (χ2v) is 3.69. The summed E-state index contributed by atoms with van der Waals surface area (Å²) in [5, 5.41) is 9.41. The van der Waals surface area contributed by atoms with E-state index in [0.717, 1.165) is 22.1 Å². The molecule has 1 aromatic carbocycles. The number of benzene rings is 1. The Kier molecular flexibility index (Phi) is 2.56. The standard InChI is InChI=1S/C12H12O4/c1-7-5-8(2)12(16-6-10(13)14)9-3-4-15-11(7)9/h3-5H,6H2,1-2H3,(H,13,14). The number of aryl methyl sites for hydroxylation is 2. The molecule has 4 heteroatoms. The number of furan rings is 1. The van der Waals surface area contributed by atoms with Gasteiger partial charge in [-0.3, -0.25) is 0 Å². The maximum absolute atomic E-state index is 10.5. The zero-order valence-electron chi connectivity index (χ0n) is 9.11. The molecular formula is C12H12O4. The van der Waals surface area contributed by atoms with E-state index in [2.05, 4.69) is 0 Å². The SMILES string of the molecule is Cc1cc(C)c2occc2c1OCC(=O)O. The molecule has 4 nitrogen and oxygen atoms in total. The van der Waals surface area contributed by atoms with Crippen molar-refractivity contribution >= 4 is 16.9 Å². The van der Waals surface area contributed by atoms with Crippen molar-refractivity contribution in [3.05, 3.63) is 29.5 Å². The van der Waals surface area contributed by atoms with E-state index >= 15 is 0 Å². The Morgan fingerprint density at radius 1 is 1.44 bits per heavy atom. The minimum absolute atomic E-state index is 0.343. The first-order valence-corrected chi connectivity index (χ1v) is 4.91. The summed E-state index contributed by atoms with van der Waals surface area (Å²) < 4.78 is 10.6. The molecule has 1 aromatic heterocycles. The molecular weight excluding hydrogens is 208 g/mol. The van der Waals surface area contributed by atoms with Crippen LogP contribution in [-0.4, -0.2) is 17.7 Å². The van der Waals surface area contributed by atoms with Gasteiger partial charge in [0.25, 0.3) is 0 Å². The van der Waals surface area contributed by atoms with Gasteiger partial charge in [-0.2, -0.15) is 0 Å². The molecule has 0 unspecified atom stereocenters. The van der Waals surface area contributed by atoms with Gasteiger partial charge in [-0.15, -0.1) is 0 Å². The van der Waals surface area contributed by atoms with Crippen molar-refractivity contribution in [2.75, 3.05) is 6.61 Å². The Balaban J connectivity index is 2.50. The van der Waals surface area contributed by atoms with Crippen molar-refractivity contribution in [3.63, 3.8) is 0 Å². The van der Waals surface area contributed by atoms with E-state index in [-0.39, 0.29) is 6.61 Å². The number of fused-ring (bicyclic) bond motifs is 1. The molecule has 0 atom stereocenters. The lowest BCUT2D eigenvalue weighted by molar-refractivity contribution is -0.139. The van der Waals surface area contributed by atoms with E-state index in [1.165, 1.54) is 0 Å². The Morgan fingerprint density at radius 2 is 2.19 bits per heavy atom. The molecule has 2 aromatic rings. The third kappa shape index (κ3) is 1.74. The van der Waals surface area contributed by atoms with Crippen molar-refractivity contribution in [1.29, 1.82) is 0 Å². The summed E-state index contributed by atoms with van der Waals surface area (Å²) in [5.41, 5.74) is 2.67. The molecule has 0 aliphatic carbocycles. The fourth-order valence-corrected chi connectivity index (χ4v) is 1.79. The van der Waals surface area contributed by atoms with E-state index in [9.17, 15) is 4.79 Å². The van der Waals surface area contributed by atoms with E-state index < -0.39 is 5.97 Å². The Labute approximate surface area is 92.4 Å². The molecule has 2 rings (SSSR count). The van der Waals surface area contributed by atoms with E-state index in [4.69, 9.17) is 14.3 Å². The zero-order chi connectivity index (χ0) is 11.7. The summed E-state index contributed by atoms with van der Waals surface area (Å²) >= 11 is 0. The van der Waals surface area contributed by atoms with Crippen LogP contribution < -0.4 is 4.74 Å². The lowest BCUT2D eigenvalue weighted by atomic mass is 10.1. The third-order valence-electron chi connectivity index (χ3n) is 2.40. The van der Waals surface area contributed by atoms with Gasteiger partial charge < -0.3 is 14.3 Å². The van der Waals surface area contributed by atoms with Crippen LogP contribution in [0.1, 0.15) is 11.1 Å². The predicted octanol–water partition coefficient (Wildman–Crippen LogP) is 2.51. The smallest absolute Gasteiger partial charge is 0.341 e. The highest BCUT2D eigenvalue weighted by Gasteiger charge is 2.12. The summed E-state index contributed by atoms with van der Waals surface area (Å²) in [4.78, 5) is 10.5. The summed E-state index contributed by atoms with van der Waals surface area (Å²) in [6.45, 7) is 3.49. The van der Waals surface area contributed by atoms with Crippen LogP contribution in [0.3, 0.4) is 0 Å². The van der Waals surface area contributed by atoms with E-state index in [1.807, 2.05) is 19.9 Å². The molecule has 1 heterocycles. The molecule has 16 heavy (non-hydrogen) atoms. The highest BCUT2D eigenvalue weighted by Crippen LogP contribution is 2.32. The number of carboxylic acids is 1. The summed E-state index contributed by atoms with van der Waals surface area (Å²) in [7, 11) is 0. The average molecular weight is 220 g/mol. The first kappa shape index (κ1) is 10.5. The number of hydrogen-bond acceptors (Lipinski definition) is 3. The van der Waals surface area contributed by atoms with E-state index in [1.54, 1.807) is 12.3 Å². The molecule has 84 valence electrons. The molecule has 0 saturated carbocycles. The minimum atomic E-state index is -0.989. The summed E-state index contributed by atoms with van der Waals surface area (Å²) in [5.74, 6) is -0.409. The normalized spacial score (nSPS) is 10.6. The molecule has 0 aliphatic heterocycles. The zero-order valence-corrected chi connectivity index (χ0v) is 9.11. The van der Waals surface area contributed by atoms with Crippen molar-refractivity contribution in [2.45, 2.75) is 13.8 Å². The topological polar surface area (TPSA) is 59.7 Å². The largest absolute Gasteiger partial charge is 0.481 e. The van der Waals surface area contributed by atoms with Crippen molar-refractivity contribution in [2.24, 2.45) is 0 Å². The van der Waals surface area contributed by atoms with Crippen LogP contribution in [0.5, 0.6) is 5.75 Å². The van der Waals surface area contributed by atoms with Gasteiger partial charge in [0.15, 0.2) is 6.61 Å². The van der Waals surface area contributed by atoms with Gasteiger partial charge in [0, 0.05) is 0 Å². The molecule has 1 N–H and O–H groups in total. The molecule has 0 saturated heterocycles. The molecule has 0 bridgehead atoms. The Hall–Kier alpha value is -1.97. The summed E-state index contributed by atoms with van der Waals surface area (Å²) in [6.07, 6.45) is 1.57. The fraction of sp³-hybridized carbons (Fsp3) is 0.250. The van der Waals surface area contributed by atoms with Gasteiger partial charge in [-0.05, 0) is 37.1 Å². The van der Waals surface area contributed by atoms with Crippen LogP contribution in [0.2, 0.25) is 0 Å². The molecule has 0 amide bonds. The van der Waals surface area contributed by atoms with Gasteiger partial charge in [-0.25, -0.2) is 4.79 Å². The first-order chi connectivity index (χ1) is 7.59. The molecule has 0 spiro atoms. The van der Waals surface area contributed by atoms with Gasteiger partial charge in [0.2, 0.25) is 0 Å². The maximum Gasteiger partial charge on any atom is 0.341 e. The average Bonchev–Trinajstić information content (AvgIpc) is 2.65. The fourth-order valence-electron chi connectivity index (χ4n) is 1.79. The third-order valence-corrected chi connectivity index (χ3v) is 2.40. The van der Waals surface area contributed by atoms with Gasteiger partial charge in [0.1, 0.15) is 11.3 Å². The molecule has 0 radical (unpaired) electrons. The number of aliphatic carboxylic acids is 1. The van der Waals surface area contributed by atoms with Crippen LogP contribution in [0.15, 0.2) is 22.8 Å². The van der Waals surface area contributed by atoms with Crippen LogP contribution in [0.25, 0.3) is 11.0 Å². The highest BCUT2D eigenvalue weighted by molar-refractivity contribution is 5.88. The number of carbonyl (C=O) groups is 1. The maximum atomic E-state index is 10.5. The summed E-state index contributed by atoms with van der Waals surface area (Å²) in [6, 6.07) is 3.70. The number of hydrogen-bond donors (Lipinski definition) is 1. The Morgan fingerprint density at radius 3 is 2.88 bits per heavy atom. The van der Waals surface area contributed by atoms with Crippen LogP contribution in [0.4, 0.5) is 0 Å². The van der Waals surface area contributed by atoms with E-state index in [0.29, 0.717) is 5.75 Å². The number of ether oxygens (including phenoxy) is 1. The first-order valence-electron chi connectivity index (χ1n) is 4.91. The lowest BCUT2D eigenvalue weighted by Gasteiger charge is -2.09. The molecule has 0 aliphatic rings. The highest BCUT2D eigenvalue weighted by atomic mass is 16.5.